The van der Waals surface area contributed by atoms with Crippen LogP contribution in [0.15, 0.2) is 30.4 Å². The Kier molecular flexibility index (Phi) is 8.56. The summed E-state index contributed by atoms with van der Waals surface area (Å²) in [5, 5.41) is 2.73. The number of benzene rings is 1. The predicted molar refractivity (Wildman–Crippen MR) is 95.8 cm³/mol. The smallest absolute Gasteiger partial charge is 0.330 e. The third kappa shape index (κ3) is 8.09. The Morgan fingerprint density at radius 3 is 2.35 bits per heavy atom. The van der Waals surface area contributed by atoms with Crippen molar-refractivity contribution in [2.24, 2.45) is 0 Å². The summed E-state index contributed by atoms with van der Waals surface area (Å²) >= 11 is 0. The number of aryl methyl sites for hydroxylation is 2. The molecule has 0 spiro atoms. The van der Waals surface area contributed by atoms with E-state index < -0.39 is 17.8 Å². The first-order chi connectivity index (χ1) is 12.3. The fraction of sp³-hybridized carbons (Fsp3) is 0.333. The molecule has 0 radical (unpaired) electrons. The van der Waals surface area contributed by atoms with Crippen LogP contribution in [0.3, 0.4) is 0 Å². The van der Waals surface area contributed by atoms with E-state index in [1.807, 2.05) is 26.0 Å². The van der Waals surface area contributed by atoms with Gasteiger partial charge in [0.1, 0.15) is 0 Å². The third-order valence-corrected chi connectivity index (χ3v) is 3.22. The standard InChI is InChI=1S/C18H23N3O5/c1-4-26-18(25)10-9-17(24)21-20-16(23)8-7-15(22)19-14-6-5-12(2)11-13(14)3/h5-6,9-11H,4,7-8H2,1-3H3,(H,19,22)(H,20,23)(H,21,24)/b10-9-. The van der Waals surface area contributed by atoms with Gasteiger partial charge in [-0.05, 0) is 32.4 Å². The fourth-order valence-corrected chi connectivity index (χ4v) is 1.96. The molecular formula is C18H23N3O5. The zero-order valence-electron chi connectivity index (χ0n) is 15.0. The van der Waals surface area contributed by atoms with E-state index in [1.54, 1.807) is 13.0 Å². The molecule has 3 N–H and O–H groups in total. The van der Waals surface area contributed by atoms with E-state index in [1.165, 1.54) is 0 Å². The van der Waals surface area contributed by atoms with Gasteiger partial charge in [-0.1, -0.05) is 17.7 Å². The summed E-state index contributed by atoms with van der Waals surface area (Å²) in [6.07, 6.45) is 1.75. The summed E-state index contributed by atoms with van der Waals surface area (Å²) in [6, 6.07) is 5.63. The molecule has 0 unspecified atom stereocenters. The van der Waals surface area contributed by atoms with Crippen molar-refractivity contribution >= 4 is 29.4 Å². The maximum Gasteiger partial charge on any atom is 0.330 e. The first-order valence-corrected chi connectivity index (χ1v) is 8.12. The van der Waals surface area contributed by atoms with Gasteiger partial charge >= 0.3 is 5.97 Å². The first-order valence-electron chi connectivity index (χ1n) is 8.12. The van der Waals surface area contributed by atoms with Crippen LogP contribution in [0.25, 0.3) is 0 Å². The summed E-state index contributed by atoms with van der Waals surface area (Å²) in [4.78, 5) is 46.0. The number of hydrogen-bond donors (Lipinski definition) is 3. The molecule has 0 atom stereocenters. The lowest BCUT2D eigenvalue weighted by Gasteiger charge is -2.09. The number of carbonyl (C=O) groups is 4. The number of esters is 1. The molecule has 0 bridgehead atoms. The highest BCUT2D eigenvalue weighted by Gasteiger charge is 2.09. The highest BCUT2D eigenvalue weighted by molar-refractivity contribution is 5.96. The van der Waals surface area contributed by atoms with Crippen molar-refractivity contribution in [1.29, 1.82) is 0 Å². The van der Waals surface area contributed by atoms with Gasteiger partial charge in [-0.15, -0.1) is 0 Å². The maximum absolute atomic E-state index is 11.9. The summed E-state index contributed by atoms with van der Waals surface area (Å²) in [5.74, 6) is -2.18. The van der Waals surface area contributed by atoms with Gasteiger partial charge in [0.2, 0.25) is 11.8 Å². The van der Waals surface area contributed by atoms with Gasteiger partial charge in [-0.25, -0.2) is 4.79 Å². The van der Waals surface area contributed by atoms with Crippen LogP contribution >= 0.6 is 0 Å². The van der Waals surface area contributed by atoms with Gasteiger partial charge < -0.3 is 10.1 Å². The third-order valence-electron chi connectivity index (χ3n) is 3.22. The lowest BCUT2D eigenvalue weighted by molar-refractivity contribution is -0.137. The van der Waals surface area contributed by atoms with Gasteiger partial charge in [-0.2, -0.15) is 0 Å². The van der Waals surface area contributed by atoms with Crippen molar-refractivity contribution in [3.05, 3.63) is 41.5 Å². The summed E-state index contributed by atoms with van der Waals surface area (Å²) in [5.41, 5.74) is 6.98. The Hall–Kier alpha value is -3.16. The molecule has 26 heavy (non-hydrogen) atoms. The molecule has 0 fully saturated rings. The topological polar surface area (TPSA) is 114 Å². The lowest BCUT2D eigenvalue weighted by atomic mass is 10.1. The van der Waals surface area contributed by atoms with Gasteiger partial charge in [0, 0.05) is 30.7 Å². The summed E-state index contributed by atoms with van der Waals surface area (Å²) < 4.78 is 4.61. The van der Waals surface area contributed by atoms with Crippen molar-refractivity contribution < 1.29 is 23.9 Å². The van der Waals surface area contributed by atoms with Crippen molar-refractivity contribution in [2.75, 3.05) is 11.9 Å². The minimum Gasteiger partial charge on any atom is -0.463 e. The van der Waals surface area contributed by atoms with Gasteiger partial charge in [-0.3, -0.25) is 25.2 Å². The molecule has 0 saturated carbocycles. The second-order valence-corrected chi connectivity index (χ2v) is 5.49. The van der Waals surface area contributed by atoms with Crippen molar-refractivity contribution in [3.8, 4) is 0 Å². The van der Waals surface area contributed by atoms with E-state index in [2.05, 4.69) is 20.9 Å². The summed E-state index contributed by atoms with van der Waals surface area (Å²) in [6.45, 7) is 5.68. The lowest BCUT2D eigenvalue weighted by Crippen LogP contribution is -2.41. The Balaban J connectivity index is 2.32. The van der Waals surface area contributed by atoms with E-state index in [0.29, 0.717) is 5.69 Å². The molecule has 0 saturated heterocycles. The molecule has 0 aliphatic carbocycles. The van der Waals surface area contributed by atoms with Gasteiger partial charge in [0.25, 0.3) is 5.91 Å². The van der Waals surface area contributed by atoms with Gasteiger partial charge in [0.15, 0.2) is 0 Å². The molecule has 1 aromatic carbocycles. The number of anilines is 1. The zero-order valence-corrected chi connectivity index (χ0v) is 15.0. The number of carbonyl (C=O) groups excluding carboxylic acids is 4. The summed E-state index contributed by atoms with van der Waals surface area (Å²) in [7, 11) is 0. The number of nitrogens with one attached hydrogen (secondary N) is 3. The SMILES string of the molecule is CCOC(=O)/C=C\C(=O)NNC(=O)CCC(=O)Nc1ccc(C)cc1C. The number of ether oxygens (including phenoxy) is 1. The number of rotatable bonds is 7. The normalized spacial score (nSPS) is 10.3. The molecule has 1 aromatic rings. The highest BCUT2D eigenvalue weighted by atomic mass is 16.5. The molecular weight excluding hydrogens is 338 g/mol. The van der Waals surface area contributed by atoms with Crippen molar-refractivity contribution in [3.63, 3.8) is 0 Å². The Morgan fingerprint density at radius 2 is 1.69 bits per heavy atom. The van der Waals surface area contributed by atoms with Gasteiger partial charge in [0.05, 0.1) is 6.61 Å². The molecule has 0 aromatic heterocycles. The number of amides is 3. The average Bonchev–Trinajstić information content (AvgIpc) is 2.59. The molecule has 1 rings (SSSR count). The van der Waals surface area contributed by atoms with Crippen LogP contribution < -0.4 is 16.2 Å². The molecule has 0 aliphatic heterocycles. The quantitative estimate of drug-likeness (QED) is 0.385. The largest absolute Gasteiger partial charge is 0.463 e. The maximum atomic E-state index is 11.9. The van der Waals surface area contributed by atoms with E-state index in [4.69, 9.17) is 0 Å². The van der Waals surface area contributed by atoms with Crippen LogP contribution in [0, 0.1) is 13.8 Å². The van der Waals surface area contributed by atoms with E-state index in [-0.39, 0.29) is 25.4 Å². The molecule has 0 aliphatic rings. The Morgan fingerprint density at radius 1 is 1.00 bits per heavy atom. The monoisotopic (exact) mass is 361 g/mol. The molecule has 8 heteroatoms. The van der Waals surface area contributed by atoms with Crippen molar-refractivity contribution in [1.82, 2.24) is 10.9 Å². The van der Waals surface area contributed by atoms with E-state index >= 15 is 0 Å². The first kappa shape index (κ1) is 20.9. The van der Waals surface area contributed by atoms with E-state index in [0.717, 1.165) is 23.3 Å². The highest BCUT2D eigenvalue weighted by Crippen LogP contribution is 2.16. The average molecular weight is 361 g/mol. The fourth-order valence-electron chi connectivity index (χ4n) is 1.96. The molecule has 140 valence electrons. The van der Waals surface area contributed by atoms with Crippen LogP contribution in [0.4, 0.5) is 5.69 Å². The Bertz CT molecular complexity index is 713. The second kappa shape index (κ2) is 10.7. The molecule has 8 nitrogen and oxygen atoms in total. The minimum atomic E-state index is -0.689. The van der Waals surface area contributed by atoms with Crippen LogP contribution in [0.2, 0.25) is 0 Å². The van der Waals surface area contributed by atoms with Crippen molar-refractivity contribution in [2.45, 2.75) is 33.6 Å². The second-order valence-electron chi connectivity index (χ2n) is 5.49. The van der Waals surface area contributed by atoms with E-state index in [9.17, 15) is 19.2 Å². The molecule has 0 heterocycles. The molecule has 3 amide bonds. The number of hydrazine groups is 1. The number of hydrogen-bond acceptors (Lipinski definition) is 5. The zero-order chi connectivity index (χ0) is 19.5. The Labute approximate surface area is 152 Å². The van der Waals surface area contributed by atoms with Crippen LogP contribution in [0.5, 0.6) is 0 Å². The van der Waals surface area contributed by atoms with Crippen LogP contribution in [0.1, 0.15) is 30.9 Å². The minimum absolute atomic E-state index is 0.0340. The van der Waals surface area contributed by atoms with Crippen LogP contribution in [-0.2, 0) is 23.9 Å². The van der Waals surface area contributed by atoms with Crippen LogP contribution in [-0.4, -0.2) is 30.3 Å². The predicted octanol–water partition coefficient (Wildman–Crippen LogP) is 1.29.